The Kier molecular flexibility index (Phi) is 5.45. The van der Waals surface area contributed by atoms with E-state index in [1.54, 1.807) is 6.92 Å². The van der Waals surface area contributed by atoms with Gasteiger partial charge in [-0.1, -0.05) is 31.2 Å². The summed E-state index contributed by atoms with van der Waals surface area (Å²) in [7, 11) is 0. The SMILES string of the molecule is CCCOCc1ccccc1-c1n[nH]nc1C(=O)OCC. The van der Waals surface area contributed by atoms with E-state index in [1.807, 2.05) is 24.3 Å². The van der Waals surface area contributed by atoms with E-state index in [9.17, 15) is 4.79 Å². The minimum absolute atomic E-state index is 0.194. The van der Waals surface area contributed by atoms with Crippen LogP contribution in [-0.2, 0) is 16.1 Å². The Hall–Kier alpha value is -2.21. The molecule has 2 aromatic rings. The van der Waals surface area contributed by atoms with Crippen LogP contribution in [0.1, 0.15) is 36.3 Å². The summed E-state index contributed by atoms with van der Waals surface area (Å²) in [6, 6.07) is 7.67. The number of nitrogens with one attached hydrogen (secondary N) is 1. The molecule has 0 aliphatic rings. The molecular weight excluding hydrogens is 270 g/mol. The summed E-state index contributed by atoms with van der Waals surface area (Å²) >= 11 is 0. The number of H-pyrrole nitrogens is 1. The molecule has 0 aliphatic heterocycles. The Balaban J connectivity index is 2.30. The monoisotopic (exact) mass is 289 g/mol. The van der Waals surface area contributed by atoms with Crippen molar-refractivity contribution in [3.8, 4) is 11.3 Å². The maximum Gasteiger partial charge on any atom is 0.361 e. The van der Waals surface area contributed by atoms with Crippen LogP contribution >= 0.6 is 0 Å². The molecule has 0 saturated carbocycles. The highest BCUT2D eigenvalue weighted by molar-refractivity contribution is 5.94. The third-order valence-corrected chi connectivity index (χ3v) is 2.90. The Morgan fingerprint density at radius 3 is 2.81 bits per heavy atom. The molecule has 1 aromatic carbocycles. The van der Waals surface area contributed by atoms with Crippen LogP contribution in [0.15, 0.2) is 24.3 Å². The van der Waals surface area contributed by atoms with Gasteiger partial charge in [-0.15, -0.1) is 5.10 Å². The molecule has 0 fully saturated rings. The van der Waals surface area contributed by atoms with E-state index in [-0.39, 0.29) is 5.69 Å². The summed E-state index contributed by atoms with van der Waals surface area (Å²) < 4.78 is 10.6. The number of esters is 1. The van der Waals surface area contributed by atoms with Crippen LogP contribution < -0.4 is 0 Å². The molecule has 1 heterocycles. The van der Waals surface area contributed by atoms with Crippen molar-refractivity contribution >= 4 is 5.97 Å². The first-order valence-corrected chi connectivity index (χ1v) is 7.01. The zero-order valence-electron chi connectivity index (χ0n) is 12.3. The fourth-order valence-corrected chi connectivity index (χ4v) is 1.96. The highest BCUT2D eigenvalue weighted by Crippen LogP contribution is 2.25. The first-order valence-electron chi connectivity index (χ1n) is 7.01. The topological polar surface area (TPSA) is 77.1 Å². The molecule has 6 nitrogen and oxygen atoms in total. The lowest BCUT2D eigenvalue weighted by Gasteiger charge is -2.08. The van der Waals surface area contributed by atoms with Crippen LogP contribution in [-0.4, -0.2) is 34.6 Å². The highest BCUT2D eigenvalue weighted by Gasteiger charge is 2.20. The van der Waals surface area contributed by atoms with Gasteiger partial charge < -0.3 is 9.47 Å². The quantitative estimate of drug-likeness (QED) is 0.626. The number of aromatic amines is 1. The van der Waals surface area contributed by atoms with E-state index in [2.05, 4.69) is 22.3 Å². The van der Waals surface area contributed by atoms with Crippen LogP contribution in [0.2, 0.25) is 0 Å². The normalized spacial score (nSPS) is 10.6. The number of benzene rings is 1. The van der Waals surface area contributed by atoms with Gasteiger partial charge in [0.1, 0.15) is 5.69 Å². The minimum atomic E-state index is -0.481. The lowest BCUT2D eigenvalue weighted by Crippen LogP contribution is -2.07. The highest BCUT2D eigenvalue weighted by atomic mass is 16.5. The second-order valence-corrected chi connectivity index (χ2v) is 4.45. The van der Waals surface area contributed by atoms with Gasteiger partial charge in [-0.25, -0.2) is 4.79 Å². The van der Waals surface area contributed by atoms with Crippen molar-refractivity contribution in [2.24, 2.45) is 0 Å². The van der Waals surface area contributed by atoms with Crippen molar-refractivity contribution in [3.63, 3.8) is 0 Å². The molecule has 1 N–H and O–H groups in total. The van der Waals surface area contributed by atoms with Crippen molar-refractivity contribution in [3.05, 3.63) is 35.5 Å². The molecule has 6 heteroatoms. The van der Waals surface area contributed by atoms with Gasteiger partial charge in [0.2, 0.25) is 0 Å². The fraction of sp³-hybridized carbons (Fsp3) is 0.400. The van der Waals surface area contributed by atoms with E-state index in [0.29, 0.717) is 25.5 Å². The van der Waals surface area contributed by atoms with Gasteiger partial charge in [-0.3, -0.25) is 0 Å². The van der Waals surface area contributed by atoms with Crippen molar-refractivity contribution in [2.45, 2.75) is 26.9 Å². The van der Waals surface area contributed by atoms with Crippen LogP contribution in [0, 0.1) is 0 Å². The first-order chi connectivity index (χ1) is 10.3. The predicted octanol–water partition coefficient (Wildman–Crippen LogP) is 2.58. The summed E-state index contributed by atoms with van der Waals surface area (Å²) in [5.41, 5.74) is 2.47. The molecule has 0 unspecified atom stereocenters. The predicted molar refractivity (Wildman–Crippen MR) is 77.7 cm³/mol. The molecule has 0 aliphatic carbocycles. The molecule has 0 saturated heterocycles. The average Bonchev–Trinajstić information content (AvgIpc) is 2.98. The second kappa shape index (κ2) is 7.54. The largest absolute Gasteiger partial charge is 0.461 e. The Bertz CT molecular complexity index is 595. The molecule has 0 amide bonds. The number of rotatable bonds is 7. The van der Waals surface area contributed by atoms with E-state index in [4.69, 9.17) is 9.47 Å². The Morgan fingerprint density at radius 2 is 2.05 bits per heavy atom. The number of carbonyl (C=O) groups is 1. The van der Waals surface area contributed by atoms with Gasteiger partial charge in [-0.2, -0.15) is 10.3 Å². The number of hydrogen-bond acceptors (Lipinski definition) is 5. The van der Waals surface area contributed by atoms with Gasteiger partial charge >= 0.3 is 5.97 Å². The Labute approximate surface area is 123 Å². The maximum absolute atomic E-state index is 11.9. The van der Waals surface area contributed by atoms with Gasteiger partial charge in [0.05, 0.1) is 13.2 Å². The zero-order chi connectivity index (χ0) is 15.1. The second-order valence-electron chi connectivity index (χ2n) is 4.45. The molecule has 2 rings (SSSR count). The van der Waals surface area contributed by atoms with E-state index in [0.717, 1.165) is 17.5 Å². The minimum Gasteiger partial charge on any atom is -0.461 e. The van der Waals surface area contributed by atoms with Crippen LogP contribution in [0.3, 0.4) is 0 Å². The summed E-state index contributed by atoms with van der Waals surface area (Å²) in [6.07, 6.45) is 0.959. The molecule has 112 valence electrons. The number of aromatic nitrogens is 3. The van der Waals surface area contributed by atoms with Gasteiger partial charge in [0, 0.05) is 12.2 Å². The lowest BCUT2D eigenvalue weighted by atomic mass is 10.0. The molecule has 21 heavy (non-hydrogen) atoms. The first kappa shape index (κ1) is 15.2. The summed E-state index contributed by atoms with van der Waals surface area (Å²) in [4.78, 5) is 11.9. The summed E-state index contributed by atoms with van der Waals surface area (Å²) in [5, 5.41) is 10.5. The number of carbonyl (C=O) groups excluding carboxylic acids is 1. The van der Waals surface area contributed by atoms with Gasteiger partial charge in [0.15, 0.2) is 5.69 Å². The third kappa shape index (κ3) is 3.66. The lowest BCUT2D eigenvalue weighted by molar-refractivity contribution is 0.0520. The molecule has 0 radical (unpaired) electrons. The van der Waals surface area contributed by atoms with Crippen molar-refractivity contribution < 1.29 is 14.3 Å². The maximum atomic E-state index is 11.9. The van der Waals surface area contributed by atoms with Crippen molar-refractivity contribution in [2.75, 3.05) is 13.2 Å². The average molecular weight is 289 g/mol. The molecule has 1 aromatic heterocycles. The Morgan fingerprint density at radius 1 is 1.24 bits per heavy atom. The standard InChI is InChI=1S/C15H19N3O3/c1-3-9-20-10-11-7-5-6-8-12(11)13-14(17-18-16-13)15(19)21-4-2/h5-8H,3-4,9-10H2,1-2H3,(H,16,17,18). The van der Waals surface area contributed by atoms with Gasteiger partial charge in [0.25, 0.3) is 0 Å². The summed E-state index contributed by atoms with van der Waals surface area (Å²) in [6.45, 7) is 5.27. The number of nitrogens with zero attached hydrogens (tertiary/aromatic N) is 2. The summed E-state index contributed by atoms with van der Waals surface area (Å²) in [5.74, 6) is -0.481. The van der Waals surface area contributed by atoms with Crippen LogP contribution in [0.4, 0.5) is 0 Å². The van der Waals surface area contributed by atoms with E-state index in [1.165, 1.54) is 0 Å². The molecular formula is C15H19N3O3. The molecule has 0 spiro atoms. The van der Waals surface area contributed by atoms with Crippen LogP contribution in [0.5, 0.6) is 0 Å². The molecule has 0 bridgehead atoms. The zero-order valence-corrected chi connectivity index (χ0v) is 12.3. The molecule has 0 atom stereocenters. The van der Waals surface area contributed by atoms with Crippen LogP contribution in [0.25, 0.3) is 11.3 Å². The smallest absolute Gasteiger partial charge is 0.361 e. The third-order valence-electron chi connectivity index (χ3n) is 2.90. The van der Waals surface area contributed by atoms with Crippen molar-refractivity contribution in [1.82, 2.24) is 15.4 Å². The van der Waals surface area contributed by atoms with E-state index >= 15 is 0 Å². The number of hydrogen-bond donors (Lipinski definition) is 1. The fourth-order valence-electron chi connectivity index (χ4n) is 1.96. The van der Waals surface area contributed by atoms with Crippen molar-refractivity contribution in [1.29, 1.82) is 0 Å². The van der Waals surface area contributed by atoms with E-state index < -0.39 is 5.97 Å². The number of ether oxygens (including phenoxy) is 2. The van der Waals surface area contributed by atoms with Gasteiger partial charge in [-0.05, 0) is 18.9 Å².